The third kappa shape index (κ3) is 0.840. The maximum absolute atomic E-state index is 12.5. The average Bonchev–Trinajstić information content (AvgIpc) is 2.81. The van der Waals surface area contributed by atoms with E-state index in [0.29, 0.717) is 11.4 Å². The molecule has 14 heavy (non-hydrogen) atoms. The molecule has 0 radical (unpaired) electrons. The highest BCUT2D eigenvalue weighted by Crippen LogP contribution is 2.53. The number of allylic oxidation sites excluding steroid dienone is 2. The van der Waals surface area contributed by atoms with E-state index in [-0.39, 0.29) is 5.92 Å². The quantitative estimate of drug-likeness (QED) is 0.631. The van der Waals surface area contributed by atoms with Crippen LogP contribution in [0, 0.1) is 5.92 Å². The second-order valence-corrected chi connectivity index (χ2v) is 3.33. The van der Waals surface area contributed by atoms with Gasteiger partial charge >= 0.3 is 6.18 Å². The molecule has 0 unspecified atom stereocenters. The number of hydrogen-bond acceptors (Lipinski definition) is 2. The van der Waals surface area contributed by atoms with Crippen LogP contribution in [0.2, 0.25) is 0 Å². The molecule has 5 heteroatoms. The molecule has 1 N–H and O–H groups in total. The Kier molecular flexibility index (Phi) is 1.18. The number of rotatable bonds is 0. The molecule has 0 saturated heterocycles. The monoisotopic (exact) mass is 198 g/mol. The summed E-state index contributed by atoms with van der Waals surface area (Å²) in [6, 6.07) is 0. The molecule has 0 amide bonds. The van der Waals surface area contributed by atoms with Crippen molar-refractivity contribution in [3.8, 4) is 0 Å². The van der Waals surface area contributed by atoms with E-state index in [1.807, 2.05) is 0 Å². The van der Waals surface area contributed by atoms with Crippen LogP contribution in [0.25, 0.3) is 0 Å². The molecular formula is C9H5F3N2. The van der Waals surface area contributed by atoms with E-state index in [1.165, 1.54) is 0 Å². The van der Waals surface area contributed by atoms with Gasteiger partial charge in [0.15, 0.2) is 0 Å². The second-order valence-electron chi connectivity index (χ2n) is 3.33. The lowest BCUT2D eigenvalue weighted by atomic mass is 10.1. The van der Waals surface area contributed by atoms with Crippen molar-refractivity contribution in [3.63, 3.8) is 0 Å². The van der Waals surface area contributed by atoms with Crippen LogP contribution in [0.5, 0.6) is 0 Å². The Morgan fingerprint density at radius 1 is 1.36 bits per heavy atom. The van der Waals surface area contributed by atoms with Crippen molar-refractivity contribution in [2.24, 2.45) is 10.9 Å². The first kappa shape index (κ1) is 7.84. The minimum absolute atomic E-state index is 0.221. The van der Waals surface area contributed by atoms with Crippen molar-refractivity contribution in [1.29, 1.82) is 0 Å². The van der Waals surface area contributed by atoms with Gasteiger partial charge in [-0.05, 0) is 17.2 Å². The molecule has 3 aliphatic rings. The minimum Gasteiger partial charge on any atom is -0.349 e. The molecule has 1 aliphatic carbocycles. The van der Waals surface area contributed by atoms with Crippen molar-refractivity contribution in [1.82, 2.24) is 5.32 Å². The lowest BCUT2D eigenvalue weighted by Gasteiger charge is -2.15. The molecule has 2 heterocycles. The Hall–Kier alpha value is -1.52. The van der Waals surface area contributed by atoms with Crippen LogP contribution in [0.4, 0.5) is 13.2 Å². The van der Waals surface area contributed by atoms with Crippen molar-refractivity contribution < 1.29 is 13.2 Å². The Morgan fingerprint density at radius 3 is 2.86 bits per heavy atom. The summed E-state index contributed by atoms with van der Waals surface area (Å²) in [6.45, 7) is 0. The maximum atomic E-state index is 12.5. The largest absolute Gasteiger partial charge is 0.418 e. The number of amidine groups is 1. The highest BCUT2D eigenvalue weighted by atomic mass is 19.4. The summed E-state index contributed by atoms with van der Waals surface area (Å²) >= 11 is 0. The molecule has 0 fully saturated rings. The van der Waals surface area contributed by atoms with Crippen LogP contribution in [0.3, 0.4) is 0 Å². The molecule has 2 nitrogen and oxygen atoms in total. The van der Waals surface area contributed by atoms with E-state index >= 15 is 0 Å². The Bertz CT molecular complexity index is 437. The molecule has 0 aromatic carbocycles. The van der Waals surface area contributed by atoms with Crippen LogP contribution in [-0.4, -0.2) is 12.0 Å². The van der Waals surface area contributed by atoms with Gasteiger partial charge in [-0.3, -0.25) is 0 Å². The predicted molar refractivity (Wildman–Crippen MR) is 44.4 cm³/mol. The standard InChI is InChI=1S/C9H5F3N2/c10-9(11,12)5-3-14-8-7-4(6(5)7)1-2-13-8/h1-3,7H,(H,13,14)/t7-/m0/s1. The van der Waals surface area contributed by atoms with Crippen molar-refractivity contribution in [2.75, 3.05) is 0 Å². The fraction of sp³-hybridized carbons (Fsp3) is 0.222. The minimum atomic E-state index is -4.29. The van der Waals surface area contributed by atoms with Gasteiger partial charge in [-0.25, -0.2) is 4.99 Å². The number of nitrogens with zero attached hydrogens (tertiary/aromatic N) is 1. The molecule has 0 saturated carbocycles. The van der Waals surface area contributed by atoms with Crippen molar-refractivity contribution in [3.05, 3.63) is 35.2 Å². The van der Waals surface area contributed by atoms with E-state index in [0.717, 1.165) is 11.8 Å². The third-order valence-electron chi connectivity index (χ3n) is 2.52. The fourth-order valence-electron chi connectivity index (χ4n) is 1.86. The van der Waals surface area contributed by atoms with Crippen LogP contribution < -0.4 is 5.32 Å². The number of alkyl halides is 3. The number of nitrogens with one attached hydrogen (secondary N) is 1. The molecule has 0 aromatic rings. The normalized spacial score (nSPS) is 27.8. The molecule has 0 aromatic heterocycles. The summed E-state index contributed by atoms with van der Waals surface area (Å²) in [5, 5.41) is 2.83. The second kappa shape index (κ2) is 2.10. The van der Waals surface area contributed by atoms with E-state index in [2.05, 4.69) is 10.3 Å². The van der Waals surface area contributed by atoms with Crippen LogP contribution in [0.1, 0.15) is 0 Å². The van der Waals surface area contributed by atoms with Gasteiger partial charge in [-0.1, -0.05) is 0 Å². The summed E-state index contributed by atoms with van der Waals surface area (Å²) in [7, 11) is 0. The van der Waals surface area contributed by atoms with E-state index in [1.54, 1.807) is 12.3 Å². The van der Waals surface area contributed by atoms with Crippen LogP contribution in [-0.2, 0) is 0 Å². The number of hydrogen-bond donors (Lipinski definition) is 1. The van der Waals surface area contributed by atoms with Gasteiger partial charge in [-0.15, -0.1) is 0 Å². The van der Waals surface area contributed by atoms with E-state index < -0.39 is 11.7 Å². The fourth-order valence-corrected chi connectivity index (χ4v) is 1.86. The first-order chi connectivity index (χ1) is 6.59. The highest BCUT2D eigenvalue weighted by Gasteiger charge is 2.51. The van der Waals surface area contributed by atoms with Crippen molar-refractivity contribution >= 4 is 5.84 Å². The van der Waals surface area contributed by atoms with Gasteiger partial charge in [0, 0.05) is 12.4 Å². The zero-order valence-electron chi connectivity index (χ0n) is 6.89. The Balaban J connectivity index is 2.11. The summed E-state index contributed by atoms with van der Waals surface area (Å²) < 4.78 is 37.4. The predicted octanol–water partition coefficient (Wildman–Crippen LogP) is 1.89. The van der Waals surface area contributed by atoms with Gasteiger partial charge in [0.05, 0.1) is 11.5 Å². The first-order valence-corrected chi connectivity index (χ1v) is 4.11. The molecule has 3 rings (SSSR count). The van der Waals surface area contributed by atoms with E-state index in [4.69, 9.17) is 0 Å². The molecule has 0 spiro atoms. The van der Waals surface area contributed by atoms with Gasteiger partial charge in [-0.2, -0.15) is 13.2 Å². The molecule has 0 bridgehead atoms. The third-order valence-corrected chi connectivity index (χ3v) is 2.52. The first-order valence-electron chi connectivity index (χ1n) is 4.11. The lowest BCUT2D eigenvalue weighted by Crippen LogP contribution is -2.27. The Labute approximate surface area is 77.5 Å². The molecule has 2 aliphatic heterocycles. The smallest absolute Gasteiger partial charge is 0.349 e. The van der Waals surface area contributed by atoms with Crippen molar-refractivity contribution in [2.45, 2.75) is 6.18 Å². The molecular weight excluding hydrogens is 193 g/mol. The Morgan fingerprint density at radius 2 is 2.14 bits per heavy atom. The summed E-state index contributed by atoms with van der Waals surface area (Å²) in [5.41, 5.74) is 0.516. The summed E-state index contributed by atoms with van der Waals surface area (Å²) in [5.74, 6) is 0.382. The van der Waals surface area contributed by atoms with Gasteiger partial charge in [0.25, 0.3) is 0 Å². The summed E-state index contributed by atoms with van der Waals surface area (Å²) in [6.07, 6.45) is -0.106. The maximum Gasteiger partial charge on any atom is 0.418 e. The zero-order valence-corrected chi connectivity index (χ0v) is 6.89. The van der Waals surface area contributed by atoms with Crippen LogP contribution >= 0.6 is 0 Å². The molecule has 72 valence electrons. The SMILES string of the molecule is FC(F)(F)C1=CN=C2NC=CC3=C1[C@@H]23. The summed E-state index contributed by atoms with van der Waals surface area (Å²) in [4.78, 5) is 3.75. The topological polar surface area (TPSA) is 24.4 Å². The van der Waals surface area contributed by atoms with E-state index in [9.17, 15) is 13.2 Å². The van der Waals surface area contributed by atoms with Crippen LogP contribution in [0.15, 0.2) is 40.2 Å². The zero-order chi connectivity index (χ0) is 9.92. The average molecular weight is 198 g/mol. The number of aliphatic imine (C=N–C) groups is 1. The van der Waals surface area contributed by atoms with Gasteiger partial charge in [0.2, 0.25) is 0 Å². The molecule has 1 atom stereocenters. The van der Waals surface area contributed by atoms with Gasteiger partial charge in [0.1, 0.15) is 5.84 Å². The highest BCUT2D eigenvalue weighted by molar-refractivity contribution is 6.01. The number of halogens is 3. The lowest BCUT2D eigenvalue weighted by molar-refractivity contribution is -0.0893. The van der Waals surface area contributed by atoms with Gasteiger partial charge < -0.3 is 5.32 Å².